The molecule has 0 radical (unpaired) electrons. The summed E-state index contributed by atoms with van der Waals surface area (Å²) in [6, 6.07) is 19.0. The molecule has 0 fully saturated rings. The van der Waals surface area contributed by atoms with E-state index in [0.29, 0.717) is 41.2 Å². The molecule has 41 heavy (non-hydrogen) atoms. The van der Waals surface area contributed by atoms with Gasteiger partial charge in [-0.2, -0.15) is 4.36 Å². The third-order valence-electron chi connectivity index (χ3n) is 5.93. The number of aryl methyl sites for hydroxylation is 1. The van der Waals surface area contributed by atoms with Crippen LogP contribution in [0.2, 0.25) is 0 Å². The van der Waals surface area contributed by atoms with Crippen LogP contribution in [0.5, 0.6) is 0 Å². The van der Waals surface area contributed by atoms with Gasteiger partial charge in [-0.15, -0.1) is 0 Å². The summed E-state index contributed by atoms with van der Waals surface area (Å²) in [5, 5.41) is 14.8. The number of furan rings is 1. The number of amides is 2. The molecule has 0 saturated carbocycles. The molecule has 2 amide bonds. The van der Waals surface area contributed by atoms with Gasteiger partial charge in [0.15, 0.2) is 5.76 Å². The van der Waals surface area contributed by atoms with E-state index in [1.165, 1.54) is 18.7 Å². The summed E-state index contributed by atoms with van der Waals surface area (Å²) < 4.78 is 23.3. The summed E-state index contributed by atoms with van der Waals surface area (Å²) in [6.45, 7) is 2.77. The molecule has 0 bridgehead atoms. The summed E-state index contributed by atoms with van der Waals surface area (Å²) in [5.74, 6) is 5.43. The molecular weight excluding hydrogens is 540 g/mol. The van der Waals surface area contributed by atoms with Crippen molar-refractivity contribution in [2.24, 2.45) is 4.36 Å². The summed E-state index contributed by atoms with van der Waals surface area (Å²) >= 11 is 0. The topological polar surface area (TPSA) is 134 Å². The van der Waals surface area contributed by atoms with Crippen molar-refractivity contribution in [1.29, 1.82) is 0 Å². The molecule has 2 aromatic heterocycles. The van der Waals surface area contributed by atoms with Gasteiger partial charge in [-0.25, -0.2) is 4.21 Å². The lowest BCUT2D eigenvalue weighted by Crippen LogP contribution is -2.22. The van der Waals surface area contributed by atoms with Crippen molar-refractivity contribution in [3.8, 4) is 11.8 Å². The van der Waals surface area contributed by atoms with Gasteiger partial charge in [-0.1, -0.05) is 36.1 Å². The second-order valence-electron chi connectivity index (χ2n) is 9.06. The number of carbonyl (C=O) groups is 2. The van der Waals surface area contributed by atoms with Gasteiger partial charge < -0.3 is 20.2 Å². The molecule has 0 spiro atoms. The number of aliphatic hydroxyl groups is 1. The van der Waals surface area contributed by atoms with Crippen molar-refractivity contribution in [3.63, 3.8) is 0 Å². The molecule has 3 N–H and O–H groups in total. The maximum atomic E-state index is 13.9. The number of rotatable bonds is 10. The first-order chi connectivity index (χ1) is 19.9. The number of carbonyl (C=O) groups excluding carboxylic acids is 2. The van der Waals surface area contributed by atoms with Crippen LogP contribution in [0.15, 0.2) is 99.1 Å². The van der Waals surface area contributed by atoms with E-state index >= 15 is 0 Å². The van der Waals surface area contributed by atoms with Crippen LogP contribution in [-0.4, -0.2) is 51.6 Å². The normalized spacial score (nSPS) is 12.0. The first-order valence-corrected chi connectivity index (χ1v) is 14.6. The van der Waals surface area contributed by atoms with E-state index in [4.69, 9.17) is 9.52 Å². The molecular formula is C31H30N4O5S. The molecule has 1 unspecified atom stereocenters. The third kappa shape index (κ3) is 8.22. The van der Waals surface area contributed by atoms with Crippen LogP contribution in [0.3, 0.4) is 0 Å². The minimum absolute atomic E-state index is 0.0106. The SMILES string of the molecule is Cc1ccoc1C(=O)Nc1cccc(C#Cc2cncc(C(=O)N=S(=O)(CCCNCCO)c3ccccc3)c2)c1. The second-order valence-corrected chi connectivity index (χ2v) is 11.4. The Labute approximate surface area is 239 Å². The monoisotopic (exact) mass is 570 g/mol. The smallest absolute Gasteiger partial charge is 0.291 e. The fraction of sp³-hybridized carbons (Fsp3) is 0.194. The van der Waals surface area contributed by atoms with Crippen LogP contribution in [0.1, 0.15) is 44.0 Å². The fourth-order valence-corrected chi connectivity index (χ4v) is 5.79. The van der Waals surface area contributed by atoms with Gasteiger partial charge in [0.1, 0.15) is 0 Å². The zero-order chi connectivity index (χ0) is 29.1. The molecule has 2 heterocycles. The average Bonchev–Trinajstić information content (AvgIpc) is 3.43. The van der Waals surface area contributed by atoms with Crippen molar-refractivity contribution >= 4 is 27.2 Å². The highest BCUT2D eigenvalue weighted by Gasteiger charge is 2.17. The number of aliphatic hydroxyl groups excluding tert-OH is 1. The van der Waals surface area contributed by atoms with E-state index in [1.54, 1.807) is 67.6 Å². The van der Waals surface area contributed by atoms with Crippen molar-refractivity contribution in [2.75, 3.05) is 30.8 Å². The number of hydrogen-bond donors (Lipinski definition) is 3. The van der Waals surface area contributed by atoms with Crippen molar-refractivity contribution < 1.29 is 23.3 Å². The Bertz CT molecular complexity index is 1700. The molecule has 0 aliphatic heterocycles. The van der Waals surface area contributed by atoms with E-state index < -0.39 is 15.6 Å². The summed E-state index contributed by atoms with van der Waals surface area (Å²) in [7, 11) is -3.04. The predicted octanol–water partition coefficient (Wildman–Crippen LogP) is 4.27. The standard InChI is InChI=1S/C31H30N4O5S/c1-23-13-17-40-29(23)31(38)34-27-8-5-7-24(20-27)11-12-25-19-26(22-33-21-25)30(37)35-41(39,18-6-14-32-15-16-36)28-9-3-2-4-10-28/h2-5,7-10,13,17,19-22,32,36H,6,14-16,18H2,1H3,(H,34,38). The zero-order valence-electron chi connectivity index (χ0n) is 22.5. The van der Waals surface area contributed by atoms with Gasteiger partial charge in [0, 0.05) is 52.0 Å². The summed E-state index contributed by atoms with van der Waals surface area (Å²) in [4.78, 5) is 30.2. The molecule has 210 valence electrons. The lowest BCUT2D eigenvalue weighted by molar-refractivity contribution is 0.0991. The van der Waals surface area contributed by atoms with E-state index in [9.17, 15) is 13.8 Å². The Balaban J connectivity index is 1.52. The quantitative estimate of drug-likeness (QED) is 0.191. The van der Waals surface area contributed by atoms with Gasteiger partial charge in [0.2, 0.25) is 0 Å². The number of aromatic nitrogens is 1. The van der Waals surface area contributed by atoms with Gasteiger partial charge in [-0.3, -0.25) is 14.6 Å². The largest absolute Gasteiger partial charge is 0.459 e. The number of nitrogens with one attached hydrogen (secondary N) is 2. The van der Waals surface area contributed by atoms with Gasteiger partial charge in [0.25, 0.3) is 11.8 Å². The first kappa shape index (κ1) is 29.4. The number of pyridine rings is 1. The van der Waals surface area contributed by atoms with Crippen molar-refractivity contribution in [1.82, 2.24) is 10.3 Å². The van der Waals surface area contributed by atoms with E-state index in [-0.39, 0.29) is 29.6 Å². The highest BCUT2D eigenvalue weighted by Crippen LogP contribution is 2.18. The molecule has 2 aromatic carbocycles. The minimum atomic E-state index is -3.04. The highest BCUT2D eigenvalue weighted by molar-refractivity contribution is 7.94. The molecule has 4 aromatic rings. The highest BCUT2D eigenvalue weighted by atomic mass is 32.2. The Morgan fingerprint density at radius 1 is 1.00 bits per heavy atom. The molecule has 1 atom stereocenters. The third-order valence-corrected chi connectivity index (χ3v) is 8.24. The van der Waals surface area contributed by atoms with Crippen molar-refractivity contribution in [3.05, 3.63) is 113 Å². The zero-order valence-corrected chi connectivity index (χ0v) is 23.3. The number of anilines is 1. The van der Waals surface area contributed by atoms with E-state index in [1.807, 2.05) is 6.07 Å². The minimum Gasteiger partial charge on any atom is -0.459 e. The first-order valence-electron chi connectivity index (χ1n) is 13.0. The predicted molar refractivity (Wildman–Crippen MR) is 157 cm³/mol. The van der Waals surface area contributed by atoms with Crippen LogP contribution in [0, 0.1) is 18.8 Å². The molecule has 10 heteroatoms. The molecule has 0 aliphatic rings. The molecule has 9 nitrogen and oxygen atoms in total. The molecule has 0 saturated heterocycles. The van der Waals surface area contributed by atoms with E-state index in [2.05, 4.69) is 31.8 Å². The Morgan fingerprint density at radius 2 is 1.80 bits per heavy atom. The van der Waals surface area contributed by atoms with Crippen LogP contribution < -0.4 is 10.6 Å². The summed E-state index contributed by atoms with van der Waals surface area (Å²) in [5.41, 5.74) is 2.59. The maximum absolute atomic E-state index is 13.9. The Kier molecular flexibility index (Phi) is 10.2. The molecule has 4 rings (SSSR count). The summed E-state index contributed by atoms with van der Waals surface area (Å²) in [6.07, 6.45) is 4.87. The van der Waals surface area contributed by atoms with Gasteiger partial charge in [0.05, 0.1) is 28.2 Å². The lowest BCUT2D eigenvalue weighted by atomic mass is 10.1. The van der Waals surface area contributed by atoms with Crippen LogP contribution >= 0.6 is 0 Å². The van der Waals surface area contributed by atoms with Gasteiger partial charge in [-0.05, 0) is 62.4 Å². The lowest BCUT2D eigenvalue weighted by Gasteiger charge is -2.10. The Hall–Kier alpha value is -4.56. The maximum Gasteiger partial charge on any atom is 0.291 e. The fourth-order valence-electron chi connectivity index (χ4n) is 3.87. The number of hydrogen-bond acceptors (Lipinski definition) is 7. The van der Waals surface area contributed by atoms with Crippen LogP contribution in [0.25, 0.3) is 0 Å². The second kappa shape index (κ2) is 14.2. The van der Waals surface area contributed by atoms with E-state index in [0.717, 1.165) is 5.56 Å². The number of benzene rings is 2. The average molecular weight is 571 g/mol. The van der Waals surface area contributed by atoms with Crippen LogP contribution in [-0.2, 0) is 9.73 Å². The van der Waals surface area contributed by atoms with Gasteiger partial charge >= 0.3 is 0 Å². The Morgan fingerprint density at radius 3 is 2.56 bits per heavy atom. The van der Waals surface area contributed by atoms with Crippen molar-refractivity contribution in [2.45, 2.75) is 18.2 Å². The number of nitrogens with zero attached hydrogens (tertiary/aromatic N) is 2. The molecule has 0 aliphatic carbocycles. The van der Waals surface area contributed by atoms with Crippen LogP contribution in [0.4, 0.5) is 5.69 Å².